The van der Waals surface area contributed by atoms with Crippen LogP contribution in [0.25, 0.3) is 0 Å². The summed E-state index contributed by atoms with van der Waals surface area (Å²) >= 11 is 0. The number of hydrogen-bond acceptors (Lipinski definition) is 6. The predicted molar refractivity (Wildman–Crippen MR) is 87.0 cm³/mol. The fraction of sp³-hybridized carbons (Fsp3) is 1.00. The molecular weight excluding hydrogens is 286 g/mol. The summed E-state index contributed by atoms with van der Waals surface area (Å²) in [5, 5.41) is 29.0. The van der Waals surface area contributed by atoms with E-state index >= 15 is 0 Å². The van der Waals surface area contributed by atoms with Crippen LogP contribution in [0.15, 0.2) is 0 Å². The van der Waals surface area contributed by atoms with Crippen molar-refractivity contribution in [3.8, 4) is 0 Å². The summed E-state index contributed by atoms with van der Waals surface area (Å²) in [6.45, 7) is 7.21. The van der Waals surface area contributed by atoms with Gasteiger partial charge in [-0.2, -0.15) is 0 Å². The molecule has 22 heavy (non-hydrogen) atoms. The molecule has 0 fully saturated rings. The second-order valence-corrected chi connectivity index (χ2v) is 5.65. The van der Waals surface area contributed by atoms with E-state index in [0.29, 0.717) is 32.8 Å². The lowest BCUT2D eigenvalue weighted by Gasteiger charge is -2.26. The Balaban J connectivity index is 3.91. The van der Waals surface area contributed by atoms with Crippen LogP contribution in [0.4, 0.5) is 0 Å². The number of rotatable bonds is 16. The fourth-order valence-electron chi connectivity index (χ4n) is 2.03. The van der Waals surface area contributed by atoms with Crippen molar-refractivity contribution >= 4 is 0 Å². The second kappa shape index (κ2) is 15.6. The first-order valence-electron chi connectivity index (χ1n) is 8.48. The van der Waals surface area contributed by atoms with E-state index in [-0.39, 0.29) is 19.8 Å². The highest BCUT2D eigenvalue weighted by Crippen LogP contribution is 1.99. The molecule has 2 unspecified atom stereocenters. The Morgan fingerprint density at radius 3 is 1.68 bits per heavy atom. The third-order valence-electron chi connectivity index (χ3n) is 3.26. The van der Waals surface area contributed by atoms with Crippen molar-refractivity contribution in [2.45, 2.75) is 51.7 Å². The topological polar surface area (TPSA) is 82.4 Å². The van der Waals surface area contributed by atoms with Crippen molar-refractivity contribution in [1.29, 1.82) is 0 Å². The summed E-state index contributed by atoms with van der Waals surface area (Å²) in [5.74, 6) is 0. The van der Waals surface area contributed by atoms with Gasteiger partial charge in [-0.1, -0.05) is 26.7 Å². The monoisotopic (exact) mass is 321 g/mol. The molecule has 0 spiro atoms. The van der Waals surface area contributed by atoms with E-state index in [1.165, 1.54) is 0 Å². The van der Waals surface area contributed by atoms with Crippen molar-refractivity contribution in [2.24, 2.45) is 0 Å². The fourth-order valence-corrected chi connectivity index (χ4v) is 2.03. The Labute approximate surface area is 135 Å². The lowest BCUT2D eigenvalue weighted by atomic mass is 10.2. The highest BCUT2D eigenvalue weighted by Gasteiger charge is 2.15. The van der Waals surface area contributed by atoms with Gasteiger partial charge >= 0.3 is 0 Å². The smallest absolute Gasteiger partial charge is 0.0900 e. The maximum absolute atomic E-state index is 9.94. The Morgan fingerprint density at radius 2 is 1.32 bits per heavy atom. The molecule has 6 heteroatoms. The van der Waals surface area contributed by atoms with Crippen LogP contribution in [0.5, 0.6) is 0 Å². The first-order chi connectivity index (χ1) is 10.6. The summed E-state index contributed by atoms with van der Waals surface area (Å²) < 4.78 is 10.8. The third kappa shape index (κ3) is 13.4. The van der Waals surface area contributed by atoms with Crippen LogP contribution < -0.4 is 0 Å². The molecule has 134 valence electrons. The van der Waals surface area contributed by atoms with Gasteiger partial charge in [0.25, 0.3) is 0 Å². The maximum atomic E-state index is 9.94. The van der Waals surface area contributed by atoms with Crippen LogP contribution in [-0.2, 0) is 9.47 Å². The van der Waals surface area contributed by atoms with E-state index in [1.807, 2.05) is 4.90 Å². The minimum atomic E-state index is -0.614. The number of nitrogens with zero attached hydrogens (tertiary/aromatic N) is 1. The van der Waals surface area contributed by atoms with Gasteiger partial charge in [0.05, 0.1) is 32.0 Å². The number of hydrogen-bond donors (Lipinski definition) is 3. The van der Waals surface area contributed by atoms with Gasteiger partial charge < -0.3 is 24.8 Å². The van der Waals surface area contributed by atoms with E-state index in [0.717, 1.165) is 25.7 Å². The molecule has 0 bridgehead atoms. The first kappa shape index (κ1) is 21.8. The molecule has 0 radical (unpaired) electrons. The zero-order valence-corrected chi connectivity index (χ0v) is 14.2. The third-order valence-corrected chi connectivity index (χ3v) is 3.26. The van der Waals surface area contributed by atoms with Crippen molar-refractivity contribution < 1.29 is 24.8 Å². The van der Waals surface area contributed by atoms with E-state index < -0.39 is 12.2 Å². The lowest BCUT2D eigenvalue weighted by Crippen LogP contribution is -2.42. The molecule has 0 saturated carbocycles. The van der Waals surface area contributed by atoms with Crippen molar-refractivity contribution in [3.05, 3.63) is 0 Å². The predicted octanol–water partition coefficient (Wildman–Crippen LogP) is 0.636. The summed E-state index contributed by atoms with van der Waals surface area (Å²) in [4.78, 5) is 1.84. The number of ether oxygens (including phenoxy) is 2. The van der Waals surface area contributed by atoms with E-state index in [9.17, 15) is 10.2 Å². The standard InChI is InChI=1S/C16H35NO5/c1-3-5-9-21-13-15(19)11-17(7-8-18)12-16(20)14-22-10-6-4-2/h15-16,18-20H,3-14H2,1-2H3. The number of aliphatic hydroxyl groups is 3. The molecule has 0 heterocycles. The van der Waals surface area contributed by atoms with Gasteiger partial charge in [-0.05, 0) is 12.8 Å². The molecule has 0 aliphatic carbocycles. The molecule has 6 nitrogen and oxygen atoms in total. The van der Waals surface area contributed by atoms with Gasteiger partial charge in [-0.3, -0.25) is 4.90 Å². The van der Waals surface area contributed by atoms with Crippen molar-refractivity contribution in [3.63, 3.8) is 0 Å². The van der Waals surface area contributed by atoms with Gasteiger partial charge in [0.15, 0.2) is 0 Å². The summed E-state index contributed by atoms with van der Waals surface area (Å²) in [7, 11) is 0. The van der Waals surface area contributed by atoms with Crippen LogP contribution in [0, 0.1) is 0 Å². The Bertz CT molecular complexity index is 211. The average Bonchev–Trinajstić information content (AvgIpc) is 2.48. The SMILES string of the molecule is CCCCOCC(O)CN(CCO)CC(O)COCCCC. The van der Waals surface area contributed by atoms with Gasteiger partial charge in [0.1, 0.15) is 0 Å². The molecule has 0 aliphatic rings. The Kier molecular flexibility index (Phi) is 15.5. The molecule has 0 rings (SSSR count). The highest BCUT2D eigenvalue weighted by molar-refractivity contribution is 4.68. The zero-order valence-electron chi connectivity index (χ0n) is 14.2. The molecule has 0 aliphatic heterocycles. The van der Waals surface area contributed by atoms with Gasteiger partial charge in [-0.15, -0.1) is 0 Å². The quantitative estimate of drug-likeness (QED) is 0.362. The summed E-state index contributed by atoms with van der Waals surface area (Å²) in [5.41, 5.74) is 0. The molecule has 0 amide bonds. The van der Waals surface area contributed by atoms with Gasteiger partial charge in [-0.25, -0.2) is 0 Å². The molecule has 0 aromatic rings. The first-order valence-corrected chi connectivity index (χ1v) is 8.48. The van der Waals surface area contributed by atoms with Crippen molar-refractivity contribution in [1.82, 2.24) is 4.90 Å². The molecular formula is C16H35NO5. The minimum Gasteiger partial charge on any atom is -0.395 e. The van der Waals surface area contributed by atoms with E-state index in [4.69, 9.17) is 14.6 Å². The Morgan fingerprint density at radius 1 is 0.864 bits per heavy atom. The average molecular weight is 321 g/mol. The lowest BCUT2D eigenvalue weighted by molar-refractivity contribution is -0.0137. The van der Waals surface area contributed by atoms with Crippen LogP contribution >= 0.6 is 0 Å². The van der Waals surface area contributed by atoms with Crippen LogP contribution in [-0.4, -0.2) is 85.1 Å². The van der Waals surface area contributed by atoms with Crippen molar-refractivity contribution in [2.75, 3.05) is 52.7 Å². The minimum absolute atomic E-state index is 0.00712. The number of unbranched alkanes of at least 4 members (excludes halogenated alkanes) is 2. The molecule has 3 N–H and O–H groups in total. The van der Waals surface area contributed by atoms with E-state index in [1.54, 1.807) is 0 Å². The molecule has 2 atom stereocenters. The molecule has 0 aromatic heterocycles. The summed E-state index contributed by atoms with van der Waals surface area (Å²) in [6.07, 6.45) is 2.88. The van der Waals surface area contributed by atoms with Gasteiger partial charge in [0, 0.05) is 32.8 Å². The van der Waals surface area contributed by atoms with Crippen LogP contribution in [0.3, 0.4) is 0 Å². The van der Waals surface area contributed by atoms with Crippen LogP contribution in [0.2, 0.25) is 0 Å². The zero-order chi connectivity index (χ0) is 16.6. The second-order valence-electron chi connectivity index (χ2n) is 5.65. The largest absolute Gasteiger partial charge is 0.395 e. The maximum Gasteiger partial charge on any atom is 0.0900 e. The van der Waals surface area contributed by atoms with E-state index in [2.05, 4.69) is 13.8 Å². The summed E-state index contributed by atoms with van der Waals surface area (Å²) in [6, 6.07) is 0. The number of aliphatic hydroxyl groups excluding tert-OH is 3. The normalized spacial score (nSPS) is 14.5. The highest BCUT2D eigenvalue weighted by atomic mass is 16.5. The molecule has 0 saturated heterocycles. The molecule has 0 aromatic carbocycles. The Hall–Kier alpha value is -0.240. The van der Waals surface area contributed by atoms with Crippen LogP contribution in [0.1, 0.15) is 39.5 Å². The van der Waals surface area contributed by atoms with Gasteiger partial charge in [0.2, 0.25) is 0 Å².